The third-order valence-electron chi connectivity index (χ3n) is 8.55. The van der Waals surface area contributed by atoms with Crippen molar-refractivity contribution in [1.29, 1.82) is 0 Å². The average molecular weight is 776 g/mol. The van der Waals surface area contributed by atoms with E-state index in [0.717, 1.165) is 0 Å². The number of rotatable bonds is 23. The molecule has 0 aliphatic rings. The molecule has 0 radical (unpaired) electrons. The number of hydrogen-bond acceptors (Lipinski definition) is 11. The highest BCUT2D eigenvalue weighted by molar-refractivity contribution is 5.97. The maximum absolute atomic E-state index is 13.8. The lowest BCUT2D eigenvalue weighted by atomic mass is 9.97. The van der Waals surface area contributed by atoms with Crippen LogP contribution in [0.3, 0.4) is 0 Å². The maximum atomic E-state index is 13.8. The van der Waals surface area contributed by atoms with E-state index in [1.807, 2.05) is 0 Å². The van der Waals surface area contributed by atoms with Crippen molar-refractivity contribution in [2.24, 2.45) is 17.4 Å². The summed E-state index contributed by atoms with van der Waals surface area (Å²) in [5, 5.41) is 42.7. The highest BCUT2D eigenvalue weighted by Gasteiger charge is 2.34. The minimum absolute atomic E-state index is 0.143. The Bertz CT molecular complexity index is 1730. The molecule has 7 atom stereocenters. The van der Waals surface area contributed by atoms with Crippen molar-refractivity contribution < 1.29 is 58.5 Å². The number of aliphatic carboxylic acids is 2. The van der Waals surface area contributed by atoms with E-state index in [2.05, 4.69) is 36.9 Å². The van der Waals surface area contributed by atoms with Crippen molar-refractivity contribution in [3.63, 3.8) is 0 Å². The number of nitrogens with two attached hydrogens (primary N) is 2. The van der Waals surface area contributed by atoms with Crippen LogP contribution in [0.2, 0.25) is 0 Å². The standard InChI is InChI=1S/C34H49N9O12/c1-4-16(2)28(43-30(51)20(35)12-26(46)47)34(55)42-24(15-44)33(54)40-22(9-10-25(36)45)31(52)41-23(11-18-13-37-21-8-6-5-7-19(18)21)32(53)39-17(3)29(50)38-14-27(48)49/h5-8,13,16-17,20,22-24,28,37,44H,4,9-12,14-15,35H2,1-3H3,(H2,36,45)(H,38,50)(H,39,53)(H,40,54)(H,41,52)(H,42,55)(H,43,51)(H,46,47)(H,48,49). The van der Waals surface area contributed by atoms with Gasteiger partial charge in [-0.05, 0) is 30.9 Å². The molecule has 7 amide bonds. The molecule has 1 heterocycles. The fourth-order valence-corrected chi connectivity index (χ4v) is 5.22. The zero-order chi connectivity index (χ0) is 41.4. The Balaban J connectivity index is 2.33. The van der Waals surface area contributed by atoms with Gasteiger partial charge in [0.15, 0.2) is 0 Å². The van der Waals surface area contributed by atoms with Gasteiger partial charge in [-0.1, -0.05) is 38.5 Å². The molecule has 21 heteroatoms. The molecule has 0 saturated carbocycles. The first kappa shape index (κ1) is 45.1. The second-order valence-electron chi connectivity index (χ2n) is 12.9. The second-order valence-corrected chi connectivity index (χ2v) is 12.9. The van der Waals surface area contributed by atoms with Crippen molar-refractivity contribution in [3.05, 3.63) is 36.0 Å². The van der Waals surface area contributed by atoms with Crippen LogP contribution in [0.1, 0.15) is 52.0 Å². The zero-order valence-electron chi connectivity index (χ0n) is 30.5. The van der Waals surface area contributed by atoms with Gasteiger partial charge >= 0.3 is 11.9 Å². The van der Waals surface area contributed by atoms with Crippen LogP contribution in [0.5, 0.6) is 0 Å². The minimum Gasteiger partial charge on any atom is -0.481 e. The summed E-state index contributed by atoms with van der Waals surface area (Å²) in [5.74, 6) is -9.72. The van der Waals surface area contributed by atoms with Crippen molar-refractivity contribution >= 4 is 64.2 Å². The molecule has 7 unspecified atom stereocenters. The SMILES string of the molecule is CCC(C)C(NC(=O)C(N)CC(=O)O)C(=O)NC(CO)C(=O)NC(CCC(N)=O)C(=O)NC(Cc1c[nH]c2ccccc12)C(=O)NC(C)C(=O)NCC(=O)O. The number of fused-ring (bicyclic) bond motifs is 1. The van der Waals surface area contributed by atoms with Crippen molar-refractivity contribution in [2.45, 2.75) is 89.1 Å². The topological polar surface area (TPSA) is 354 Å². The Morgan fingerprint density at radius 2 is 1.36 bits per heavy atom. The molecule has 21 nitrogen and oxygen atoms in total. The number of aliphatic hydroxyl groups excluding tert-OH is 1. The summed E-state index contributed by atoms with van der Waals surface area (Å²) < 4.78 is 0. The van der Waals surface area contributed by atoms with E-state index in [4.69, 9.17) is 21.7 Å². The third kappa shape index (κ3) is 14.3. The Morgan fingerprint density at radius 3 is 1.96 bits per heavy atom. The smallest absolute Gasteiger partial charge is 0.322 e. The van der Waals surface area contributed by atoms with Crippen LogP contribution in [-0.2, 0) is 49.6 Å². The quantitative estimate of drug-likeness (QED) is 0.0521. The Morgan fingerprint density at radius 1 is 0.764 bits per heavy atom. The van der Waals surface area contributed by atoms with Gasteiger partial charge in [0.1, 0.15) is 36.8 Å². The Labute approximate surface area is 315 Å². The third-order valence-corrected chi connectivity index (χ3v) is 8.55. The van der Waals surface area contributed by atoms with Crippen molar-refractivity contribution in [3.8, 4) is 0 Å². The normalized spacial score (nSPS) is 14.8. The van der Waals surface area contributed by atoms with Crippen LogP contribution in [0.15, 0.2) is 30.5 Å². The number of hydrogen-bond donors (Lipinski definition) is 12. The van der Waals surface area contributed by atoms with Crippen molar-refractivity contribution in [1.82, 2.24) is 36.9 Å². The molecule has 55 heavy (non-hydrogen) atoms. The summed E-state index contributed by atoms with van der Waals surface area (Å²) in [6, 6.07) is -1.66. The van der Waals surface area contributed by atoms with E-state index in [1.165, 1.54) is 6.92 Å². The average Bonchev–Trinajstić information content (AvgIpc) is 3.54. The maximum Gasteiger partial charge on any atom is 0.322 e. The second kappa shape index (κ2) is 21.6. The molecule has 0 saturated heterocycles. The first-order chi connectivity index (χ1) is 25.9. The molecular weight excluding hydrogens is 726 g/mol. The summed E-state index contributed by atoms with van der Waals surface area (Å²) >= 11 is 0. The van der Waals surface area contributed by atoms with Gasteiger partial charge < -0.3 is 63.7 Å². The first-order valence-corrected chi connectivity index (χ1v) is 17.3. The van der Waals surface area contributed by atoms with E-state index in [-0.39, 0.29) is 12.8 Å². The zero-order valence-corrected chi connectivity index (χ0v) is 30.5. The van der Waals surface area contributed by atoms with Crippen LogP contribution < -0.4 is 43.4 Å². The van der Waals surface area contributed by atoms with Crippen LogP contribution in [0.4, 0.5) is 0 Å². The number of aromatic nitrogens is 1. The molecule has 0 aliphatic heterocycles. The lowest BCUT2D eigenvalue weighted by Crippen LogP contribution is -2.61. The van der Waals surface area contributed by atoms with E-state index in [1.54, 1.807) is 44.3 Å². The molecule has 0 fully saturated rings. The monoisotopic (exact) mass is 775 g/mol. The van der Waals surface area contributed by atoms with E-state index < -0.39 is 121 Å². The summed E-state index contributed by atoms with van der Waals surface area (Å²) in [6.45, 7) is 2.89. The molecule has 0 aliphatic carbocycles. The van der Waals surface area contributed by atoms with Gasteiger partial charge in [-0.2, -0.15) is 0 Å². The van der Waals surface area contributed by atoms with Crippen molar-refractivity contribution in [2.75, 3.05) is 13.2 Å². The lowest BCUT2D eigenvalue weighted by molar-refractivity contribution is -0.140. The van der Waals surface area contributed by atoms with Gasteiger partial charge in [0, 0.05) is 29.9 Å². The number of aromatic amines is 1. The Hall–Kier alpha value is -6.09. The first-order valence-electron chi connectivity index (χ1n) is 17.3. The fraction of sp³-hybridized carbons (Fsp3) is 0.500. The van der Waals surface area contributed by atoms with Crippen LogP contribution in [-0.4, -0.2) is 123 Å². The molecular formula is C34H49N9O12. The summed E-state index contributed by atoms with van der Waals surface area (Å²) in [4.78, 5) is 116. The fourth-order valence-electron chi connectivity index (χ4n) is 5.22. The summed E-state index contributed by atoms with van der Waals surface area (Å²) in [6.07, 6.45) is 0.278. The number of nitrogens with one attached hydrogen (secondary N) is 7. The highest BCUT2D eigenvalue weighted by Crippen LogP contribution is 2.19. The molecule has 1 aromatic heterocycles. The van der Waals surface area contributed by atoms with Gasteiger partial charge in [0.2, 0.25) is 41.4 Å². The molecule has 2 aromatic rings. The molecule has 302 valence electrons. The predicted octanol–water partition coefficient (Wildman–Crippen LogP) is -3.54. The summed E-state index contributed by atoms with van der Waals surface area (Å²) in [7, 11) is 0. The van der Waals surface area contributed by atoms with Gasteiger partial charge in [0.25, 0.3) is 0 Å². The molecule has 1 aromatic carbocycles. The number of H-pyrrole nitrogens is 1. The number of primary amides is 1. The number of carboxylic acid groups (broad SMARTS) is 2. The van der Waals surface area contributed by atoms with Crippen LogP contribution >= 0.6 is 0 Å². The van der Waals surface area contributed by atoms with Crippen LogP contribution in [0.25, 0.3) is 10.9 Å². The number of aliphatic hydroxyl groups is 1. The van der Waals surface area contributed by atoms with Gasteiger partial charge in [-0.15, -0.1) is 0 Å². The number of amides is 7. The minimum atomic E-state index is -1.71. The molecule has 0 bridgehead atoms. The predicted molar refractivity (Wildman–Crippen MR) is 193 cm³/mol. The molecule has 14 N–H and O–H groups in total. The highest BCUT2D eigenvalue weighted by atomic mass is 16.4. The van der Waals surface area contributed by atoms with Gasteiger partial charge in [0.05, 0.1) is 19.1 Å². The van der Waals surface area contributed by atoms with Crippen LogP contribution in [0, 0.1) is 5.92 Å². The number of benzene rings is 1. The van der Waals surface area contributed by atoms with E-state index >= 15 is 0 Å². The number of carbonyl (C=O) groups is 9. The molecule has 2 rings (SSSR count). The number of para-hydroxylation sites is 1. The van der Waals surface area contributed by atoms with E-state index in [9.17, 15) is 48.3 Å². The van der Waals surface area contributed by atoms with Gasteiger partial charge in [-0.25, -0.2) is 0 Å². The van der Waals surface area contributed by atoms with E-state index in [0.29, 0.717) is 22.9 Å². The molecule has 0 spiro atoms. The van der Waals surface area contributed by atoms with Gasteiger partial charge in [-0.3, -0.25) is 43.2 Å². The Kier molecular flexibility index (Phi) is 17.7. The number of carbonyl (C=O) groups excluding carboxylic acids is 7. The largest absolute Gasteiger partial charge is 0.481 e. The number of carboxylic acids is 2. The summed E-state index contributed by atoms with van der Waals surface area (Å²) in [5.41, 5.74) is 12.2. The lowest BCUT2D eigenvalue weighted by Gasteiger charge is -2.28.